The Bertz CT molecular complexity index is 495. The zero-order chi connectivity index (χ0) is 16.2. The highest BCUT2D eigenvalue weighted by molar-refractivity contribution is 5.90. The molecule has 0 fully saturated rings. The summed E-state index contributed by atoms with van der Waals surface area (Å²) in [5, 5.41) is 5.57. The van der Waals surface area contributed by atoms with Crippen molar-refractivity contribution in [2.75, 3.05) is 18.5 Å². The maximum absolute atomic E-state index is 11.7. The molecular weight excluding hydrogens is 280 g/mol. The van der Waals surface area contributed by atoms with Crippen molar-refractivity contribution < 1.29 is 14.3 Å². The maximum Gasteiger partial charge on any atom is 0.330 e. The molecule has 5 heteroatoms. The van der Waals surface area contributed by atoms with E-state index in [0.717, 1.165) is 24.8 Å². The van der Waals surface area contributed by atoms with E-state index in [1.54, 1.807) is 25.1 Å². The molecule has 0 aliphatic heterocycles. The summed E-state index contributed by atoms with van der Waals surface area (Å²) in [6, 6.07) is 7.02. The van der Waals surface area contributed by atoms with E-state index in [1.807, 2.05) is 12.1 Å². The smallest absolute Gasteiger partial charge is 0.330 e. The van der Waals surface area contributed by atoms with Crippen LogP contribution in [0.2, 0.25) is 0 Å². The van der Waals surface area contributed by atoms with Crippen LogP contribution in [-0.4, -0.2) is 25.2 Å². The van der Waals surface area contributed by atoms with E-state index in [0.29, 0.717) is 18.8 Å². The summed E-state index contributed by atoms with van der Waals surface area (Å²) in [5.41, 5.74) is 1.57. The summed E-state index contributed by atoms with van der Waals surface area (Å²) in [4.78, 5) is 22.9. The van der Waals surface area contributed by atoms with Gasteiger partial charge in [0.25, 0.3) is 0 Å². The highest BCUT2D eigenvalue weighted by Crippen LogP contribution is 2.10. The molecule has 0 radical (unpaired) electrons. The SMILES string of the molecule is CCCCCNC(=O)Nc1ccc(/C=C/C(=O)OCC)cc1. The van der Waals surface area contributed by atoms with Gasteiger partial charge in [0.1, 0.15) is 0 Å². The van der Waals surface area contributed by atoms with Crippen molar-refractivity contribution in [3.05, 3.63) is 35.9 Å². The molecule has 2 N–H and O–H groups in total. The van der Waals surface area contributed by atoms with Crippen molar-refractivity contribution in [1.29, 1.82) is 0 Å². The van der Waals surface area contributed by atoms with E-state index < -0.39 is 0 Å². The number of hydrogen-bond acceptors (Lipinski definition) is 3. The second-order valence-electron chi connectivity index (χ2n) is 4.80. The molecule has 22 heavy (non-hydrogen) atoms. The Balaban J connectivity index is 2.41. The summed E-state index contributed by atoms with van der Waals surface area (Å²) in [5.74, 6) is -0.365. The number of benzene rings is 1. The topological polar surface area (TPSA) is 67.4 Å². The third-order valence-corrected chi connectivity index (χ3v) is 2.93. The van der Waals surface area contributed by atoms with Gasteiger partial charge in [0.15, 0.2) is 0 Å². The highest BCUT2D eigenvalue weighted by Gasteiger charge is 2.00. The number of unbranched alkanes of at least 4 members (excludes halogenated alkanes) is 2. The minimum atomic E-state index is -0.365. The van der Waals surface area contributed by atoms with Crippen LogP contribution in [0.15, 0.2) is 30.3 Å². The summed E-state index contributed by atoms with van der Waals surface area (Å²) in [7, 11) is 0. The van der Waals surface area contributed by atoms with Gasteiger partial charge in [0.05, 0.1) is 6.61 Å². The maximum atomic E-state index is 11.7. The van der Waals surface area contributed by atoms with Crippen molar-refractivity contribution >= 4 is 23.8 Å². The quantitative estimate of drug-likeness (QED) is 0.438. The van der Waals surface area contributed by atoms with Crippen molar-refractivity contribution in [1.82, 2.24) is 5.32 Å². The van der Waals surface area contributed by atoms with Gasteiger partial charge in [0, 0.05) is 18.3 Å². The van der Waals surface area contributed by atoms with E-state index in [1.165, 1.54) is 6.08 Å². The normalized spacial score (nSPS) is 10.5. The lowest BCUT2D eigenvalue weighted by molar-refractivity contribution is -0.137. The molecule has 0 atom stereocenters. The number of carbonyl (C=O) groups is 2. The van der Waals surface area contributed by atoms with Crippen LogP contribution < -0.4 is 10.6 Å². The van der Waals surface area contributed by atoms with E-state index in [2.05, 4.69) is 17.6 Å². The van der Waals surface area contributed by atoms with Gasteiger partial charge in [-0.05, 0) is 37.1 Å². The van der Waals surface area contributed by atoms with Crippen LogP contribution in [0.25, 0.3) is 6.08 Å². The number of anilines is 1. The first-order valence-corrected chi connectivity index (χ1v) is 7.65. The minimum absolute atomic E-state index is 0.203. The van der Waals surface area contributed by atoms with Crippen LogP contribution in [0.5, 0.6) is 0 Å². The third kappa shape index (κ3) is 7.47. The Kier molecular flexibility index (Phi) is 8.42. The largest absolute Gasteiger partial charge is 0.463 e. The average Bonchev–Trinajstić information content (AvgIpc) is 2.51. The Labute approximate surface area is 131 Å². The molecule has 0 aromatic heterocycles. The lowest BCUT2D eigenvalue weighted by atomic mass is 10.2. The molecule has 0 saturated carbocycles. The van der Waals surface area contributed by atoms with Crippen LogP contribution in [0.4, 0.5) is 10.5 Å². The van der Waals surface area contributed by atoms with Crippen molar-refractivity contribution in [3.8, 4) is 0 Å². The molecule has 1 aromatic carbocycles. The molecule has 0 aliphatic carbocycles. The summed E-state index contributed by atoms with van der Waals surface area (Å²) in [6.07, 6.45) is 6.28. The zero-order valence-electron chi connectivity index (χ0n) is 13.2. The van der Waals surface area contributed by atoms with Gasteiger partial charge in [-0.2, -0.15) is 0 Å². The number of ether oxygens (including phenoxy) is 1. The summed E-state index contributed by atoms with van der Waals surface area (Å²) in [6.45, 7) is 4.93. The lowest BCUT2D eigenvalue weighted by Gasteiger charge is -2.07. The van der Waals surface area contributed by atoms with Crippen molar-refractivity contribution in [2.24, 2.45) is 0 Å². The van der Waals surface area contributed by atoms with Gasteiger partial charge in [-0.1, -0.05) is 31.9 Å². The van der Waals surface area contributed by atoms with Gasteiger partial charge < -0.3 is 15.4 Å². The molecule has 0 spiro atoms. The molecule has 0 aliphatic rings. The van der Waals surface area contributed by atoms with E-state index in [4.69, 9.17) is 4.74 Å². The number of esters is 1. The fraction of sp³-hybridized carbons (Fsp3) is 0.412. The van der Waals surface area contributed by atoms with Crippen LogP contribution in [0.3, 0.4) is 0 Å². The van der Waals surface area contributed by atoms with Gasteiger partial charge in [-0.15, -0.1) is 0 Å². The van der Waals surface area contributed by atoms with Crippen LogP contribution in [0.1, 0.15) is 38.7 Å². The summed E-state index contributed by atoms with van der Waals surface area (Å²) < 4.78 is 4.80. The first-order valence-electron chi connectivity index (χ1n) is 7.65. The van der Waals surface area contributed by atoms with Crippen LogP contribution >= 0.6 is 0 Å². The first kappa shape index (κ1) is 17.8. The lowest BCUT2D eigenvalue weighted by Crippen LogP contribution is -2.29. The fourth-order valence-corrected chi connectivity index (χ4v) is 1.78. The monoisotopic (exact) mass is 304 g/mol. The molecule has 0 saturated heterocycles. The van der Waals surface area contributed by atoms with Crippen molar-refractivity contribution in [2.45, 2.75) is 33.1 Å². The second-order valence-corrected chi connectivity index (χ2v) is 4.80. The molecule has 120 valence electrons. The van der Waals surface area contributed by atoms with E-state index in [-0.39, 0.29) is 12.0 Å². The molecule has 5 nitrogen and oxygen atoms in total. The Morgan fingerprint density at radius 3 is 2.50 bits per heavy atom. The van der Waals surface area contributed by atoms with Gasteiger partial charge >= 0.3 is 12.0 Å². The molecule has 2 amide bonds. The molecular formula is C17H24N2O3. The van der Waals surface area contributed by atoms with E-state index in [9.17, 15) is 9.59 Å². The molecule has 0 heterocycles. The Hall–Kier alpha value is -2.30. The van der Waals surface area contributed by atoms with Crippen LogP contribution in [0, 0.1) is 0 Å². The second kappa shape index (κ2) is 10.4. The Morgan fingerprint density at radius 2 is 1.86 bits per heavy atom. The molecule has 1 aromatic rings. The minimum Gasteiger partial charge on any atom is -0.463 e. The first-order chi connectivity index (χ1) is 10.7. The highest BCUT2D eigenvalue weighted by atomic mass is 16.5. The van der Waals surface area contributed by atoms with Gasteiger partial charge in [-0.25, -0.2) is 9.59 Å². The predicted molar refractivity (Wildman–Crippen MR) is 88.7 cm³/mol. The third-order valence-electron chi connectivity index (χ3n) is 2.93. The number of rotatable bonds is 8. The van der Waals surface area contributed by atoms with Crippen LogP contribution in [-0.2, 0) is 9.53 Å². The molecule has 0 unspecified atom stereocenters. The number of amides is 2. The number of urea groups is 1. The number of nitrogens with one attached hydrogen (secondary N) is 2. The summed E-state index contributed by atoms with van der Waals surface area (Å²) >= 11 is 0. The number of carbonyl (C=O) groups excluding carboxylic acids is 2. The average molecular weight is 304 g/mol. The molecule has 0 bridgehead atoms. The molecule has 1 rings (SSSR count). The van der Waals surface area contributed by atoms with Gasteiger partial charge in [-0.3, -0.25) is 0 Å². The predicted octanol–water partition coefficient (Wildman–Crippen LogP) is 3.57. The zero-order valence-corrected chi connectivity index (χ0v) is 13.2. The standard InChI is InChI=1S/C17H24N2O3/c1-3-5-6-13-18-17(21)19-15-10-7-14(8-11-15)9-12-16(20)22-4-2/h7-12H,3-6,13H2,1-2H3,(H2,18,19,21)/b12-9+. The van der Waals surface area contributed by atoms with E-state index >= 15 is 0 Å². The fourth-order valence-electron chi connectivity index (χ4n) is 1.78. The van der Waals surface area contributed by atoms with Gasteiger partial charge in [0.2, 0.25) is 0 Å². The number of hydrogen-bond donors (Lipinski definition) is 2. The van der Waals surface area contributed by atoms with Crippen molar-refractivity contribution in [3.63, 3.8) is 0 Å². The Morgan fingerprint density at radius 1 is 1.14 bits per heavy atom.